The summed E-state index contributed by atoms with van der Waals surface area (Å²) in [4.78, 5) is 0. The van der Waals surface area contributed by atoms with Gasteiger partial charge in [0.25, 0.3) is 0 Å². The molecular weight excluding hydrogens is 230 g/mol. The average molecular weight is 250 g/mol. The third-order valence-electron chi connectivity index (χ3n) is 3.89. The molecule has 0 aromatic rings. The smallest absolute Gasteiger partial charge is 0.248 e. The highest BCUT2D eigenvalue weighted by molar-refractivity contribution is 4.88. The van der Waals surface area contributed by atoms with Gasteiger partial charge in [-0.05, 0) is 18.3 Å². The van der Waals surface area contributed by atoms with Crippen LogP contribution in [0.15, 0.2) is 0 Å². The molecule has 1 saturated carbocycles. The lowest BCUT2D eigenvalue weighted by atomic mass is 9.72. The first-order valence-corrected chi connectivity index (χ1v) is 6.26. The molecule has 3 nitrogen and oxygen atoms in total. The molecule has 1 aliphatic heterocycles. The summed E-state index contributed by atoms with van der Waals surface area (Å²) in [5, 5.41) is 9.36. The van der Waals surface area contributed by atoms with Crippen LogP contribution in [0.4, 0.5) is 8.78 Å². The standard InChI is InChI=1S/C12H20F2O3/c13-12(14)2-1-11-9(5-12)7-16-3-4-17-8-10(11)6-15/h9-11,15H,1-8H2/t9-,10-,11-/m1/s1. The molecule has 1 aliphatic carbocycles. The summed E-state index contributed by atoms with van der Waals surface area (Å²) in [6.45, 7) is 1.75. The Hall–Kier alpha value is -0.260. The van der Waals surface area contributed by atoms with Crippen LogP contribution in [0.5, 0.6) is 0 Å². The van der Waals surface area contributed by atoms with E-state index in [1.165, 1.54) is 0 Å². The van der Waals surface area contributed by atoms with Gasteiger partial charge in [0.15, 0.2) is 0 Å². The highest BCUT2D eigenvalue weighted by Gasteiger charge is 2.44. The van der Waals surface area contributed by atoms with E-state index in [9.17, 15) is 13.9 Å². The highest BCUT2D eigenvalue weighted by Crippen LogP contribution is 2.43. The second kappa shape index (κ2) is 5.59. The summed E-state index contributed by atoms with van der Waals surface area (Å²) in [5.74, 6) is -2.66. The molecule has 0 amide bonds. The third kappa shape index (κ3) is 3.36. The fraction of sp³-hybridized carbons (Fsp3) is 1.00. The van der Waals surface area contributed by atoms with Crippen LogP contribution in [-0.4, -0.2) is 44.1 Å². The molecule has 3 atom stereocenters. The van der Waals surface area contributed by atoms with Crippen molar-refractivity contribution in [2.45, 2.75) is 25.2 Å². The molecule has 2 aliphatic rings. The largest absolute Gasteiger partial charge is 0.396 e. The number of hydrogen-bond acceptors (Lipinski definition) is 3. The van der Waals surface area contributed by atoms with E-state index in [2.05, 4.69) is 0 Å². The van der Waals surface area contributed by atoms with Crippen LogP contribution in [0, 0.1) is 17.8 Å². The van der Waals surface area contributed by atoms with Crippen LogP contribution in [-0.2, 0) is 9.47 Å². The molecule has 1 N–H and O–H groups in total. The van der Waals surface area contributed by atoms with Gasteiger partial charge in [-0.25, -0.2) is 8.78 Å². The molecule has 0 bridgehead atoms. The first-order valence-electron chi connectivity index (χ1n) is 6.26. The maximum atomic E-state index is 13.4. The fourth-order valence-electron chi connectivity index (χ4n) is 2.95. The molecule has 0 aromatic carbocycles. The normalized spacial score (nSPS) is 38.6. The van der Waals surface area contributed by atoms with E-state index < -0.39 is 5.92 Å². The molecule has 100 valence electrons. The van der Waals surface area contributed by atoms with Crippen molar-refractivity contribution >= 4 is 0 Å². The molecule has 0 radical (unpaired) electrons. The number of rotatable bonds is 1. The zero-order valence-electron chi connectivity index (χ0n) is 9.91. The number of fused-ring (bicyclic) bond motifs is 1. The predicted octanol–water partition coefficient (Wildman–Crippen LogP) is 1.69. The summed E-state index contributed by atoms with van der Waals surface area (Å²) in [6.07, 6.45) is 0.258. The van der Waals surface area contributed by atoms with E-state index in [-0.39, 0.29) is 37.2 Å². The summed E-state index contributed by atoms with van der Waals surface area (Å²) in [7, 11) is 0. The van der Waals surface area contributed by atoms with Gasteiger partial charge in [-0.2, -0.15) is 0 Å². The number of alkyl halides is 2. The van der Waals surface area contributed by atoms with Crippen LogP contribution in [0.3, 0.4) is 0 Å². The van der Waals surface area contributed by atoms with E-state index in [1.807, 2.05) is 0 Å². The van der Waals surface area contributed by atoms with Gasteiger partial charge in [-0.1, -0.05) is 0 Å². The second-order valence-corrected chi connectivity index (χ2v) is 5.12. The summed E-state index contributed by atoms with van der Waals surface area (Å²) in [6, 6.07) is 0. The first-order chi connectivity index (χ1) is 8.12. The Bertz CT molecular complexity index is 248. The molecule has 0 unspecified atom stereocenters. The second-order valence-electron chi connectivity index (χ2n) is 5.12. The molecule has 0 spiro atoms. The monoisotopic (exact) mass is 250 g/mol. The minimum atomic E-state index is -2.57. The summed E-state index contributed by atoms with van der Waals surface area (Å²) >= 11 is 0. The number of aliphatic hydroxyl groups is 1. The predicted molar refractivity (Wildman–Crippen MR) is 58.0 cm³/mol. The maximum absolute atomic E-state index is 13.4. The van der Waals surface area contributed by atoms with Gasteiger partial charge in [0.2, 0.25) is 5.92 Å². The minimum Gasteiger partial charge on any atom is -0.396 e. The maximum Gasteiger partial charge on any atom is 0.248 e. The molecule has 1 saturated heterocycles. The number of ether oxygens (including phenoxy) is 2. The quantitative estimate of drug-likeness (QED) is 0.769. The zero-order valence-corrected chi connectivity index (χ0v) is 9.91. The lowest BCUT2D eigenvalue weighted by Gasteiger charge is -2.38. The van der Waals surface area contributed by atoms with E-state index in [0.29, 0.717) is 32.8 Å². The zero-order chi connectivity index (χ0) is 12.3. The van der Waals surface area contributed by atoms with E-state index >= 15 is 0 Å². The SMILES string of the molecule is OC[C@@H]1COCCOC[C@H]2CC(F)(F)CC[C@@H]12. The average Bonchev–Trinajstić information content (AvgIpc) is 2.37. The van der Waals surface area contributed by atoms with Crippen LogP contribution in [0.2, 0.25) is 0 Å². The molecule has 1 heterocycles. The Balaban J connectivity index is 2.07. The van der Waals surface area contributed by atoms with Crippen molar-refractivity contribution in [3.05, 3.63) is 0 Å². The summed E-state index contributed by atoms with van der Waals surface area (Å²) in [5.41, 5.74) is 0. The molecule has 5 heteroatoms. The Kier molecular flexibility index (Phi) is 4.33. The van der Waals surface area contributed by atoms with Gasteiger partial charge in [0.05, 0.1) is 19.8 Å². The van der Waals surface area contributed by atoms with Gasteiger partial charge in [0.1, 0.15) is 0 Å². The number of halogens is 2. The van der Waals surface area contributed by atoms with Crippen molar-refractivity contribution in [1.29, 1.82) is 0 Å². The molecular formula is C12H20F2O3. The van der Waals surface area contributed by atoms with Gasteiger partial charge < -0.3 is 14.6 Å². The third-order valence-corrected chi connectivity index (χ3v) is 3.89. The Morgan fingerprint density at radius 2 is 1.88 bits per heavy atom. The van der Waals surface area contributed by atoms with Gasteiger partial charge in [-0.3, -0.25) is 0 Å². The molecule has 2 rings (SSSR count). The van der Waals surface area contributed by atoms with Gasteiger partial charge in [0, 0.05) is 32.0 Å². The van der Waals surface area contributed by atoms with Crippen molar-refractivity contribution in [3.8, 4) is 0 Å². The van der Waals surface area contributed by atoms with E-state index in [0.717, 1.165) is 0 Å². The fourth-order valence-corrected chi connectivity index (χ4v) is 2.95. The molecule has 0 aromatic heterocycles. The van der Waals surface area contributed by atoms with E-state index in [4.69, 9.17) is 9.47 Å². The Labute approximate surface area is 100 Å². The first kappa shape index (κ1) is 13.2. The van der Waals surface area contributed by atoms with Crippen molar-refractivity contribution in [2.75, 3.05) is 33.0 Å². The number of hydrogen-bond donors (Lipinski definition) is 1. The van der Waals surface area contributed by atoms with Crippen LogP contribution in [0.25, 0.3) is 0 Å². The topological polar surface area (TPSA) is 38.7 Å². The van der Waals surface area contributed by atoms with Crippen LogP contribution >= 0.6 is 0 Å². The number of aliphatic hydroxyl groups excluding tert-OH is 1. The van der Waals surface area contributed by atoms with Crippen LogP contribution < -0.4 is 0 Å². The highest BCUT2D eigenvalue weighted by atomic mass is 19.3. The van der Waals surface area contributed by atoms with Crippen molar-refractivity contribution < 1.29 is 23.4 Å². The van der Waals surface area contributed by atoms with Crippen molar-refractivity contribution in [2.24, 2.45) is 17.8 Å². The lowest BCUT2D eigenvalue weighted by molar-refractivity contribution is -0.0966. The molecule has 17 heavy (non-hydrogen) atoms. The molecule has 2 fully saturated rings. The van der Waals surface area contributed by atoms with Crippen LogP contribution in [0.1, 0.15) is 19.3 Å². The minimum absolute atomic E-state index is 0.00668. The van der Waals surface area contributed by atoms with Gasteiger partial charge >= 0.3 is 0 Å². The lowest BCUT2D eigenvalue weighted by Crippen LogP contribution is -2.40. The van der Waals surface area contributed by atoms with Gasteiger partial charge in [-0.15, -0.1) is 0 Å². The van der Waals surface area contributed by atoms with Crippen molar-refractivity contribution in [3.63, 3.8) is 0 Å². The summed E-state index contributed by atoms with van der Waals surface area (Å²) < 4.78 is 37.5. The Morgan fingerprint density at radius 3 is 2.59 bits per heavy atom. The van der Waals surface area contributed by atoms with E-state index in [1.54, 1.807) is 0 Å². The Morgan fingerprint density at radius 1 is 1.18 bits per heavy atom. The van der Waals surface area contributed by atoms with Crippen molar-refractivity contribution in [1.82, 2.24) is 0 Å².